The second-order valence-electron chi connectivity index (χ2n) is 8.30. The Balaban J connectivity index is 1.84. The molecule has 0 aliphatic carbocycles. The van der Waals surface area contributed by atoms with E-state index in [1.54, 1.807) is 56.3 Å². The van der Waals surface area contributed by atoms with E-state index in [0.29, 0.717) is 35.1 Å². The molecular formula is C27H23Cl2N3O6S. The van der Waals surface area contributed by atoms with Crippen LogP contribution in [-0.2, 0) is 16.5 Å². The summed E-state index contributed by atoms with van der Waals surface area (Å²) in [4.78, 5) is 12.8. The maximum absolute atomic E-state index is 13.3. The molecule has 0 aliphatic heterocycles. The van der Waals surface area contributed by atoms with E-state index in [-0.39, 0.29) is 32.7 Å². The summed E-state index contributed by atoms with van der Waals surface area (Å²) < 4.78 is 38.8. The quantitative estimate of drug-likeness (QED) is 0.142. The van der Waals surface area contributed by atoms with Crippen LogP contribution in [0.25, 0.3) is 10.8 Å². The van der Waals surface area contributed by atoms with Crippen LogP contribution in [0.3, 0.4) is 0 Å². The summed E-state index contributed by atoms with van der Waals surface area (Å²) in [7, 11) is -4.63. The van der Waals surface area contributed by atoms with Gasteiger partial charge in [-0.2, -0.15) is 8.42 Å². The standard InChI is InChI=1S/C27H23Cl2N3O6S/c1-3-15-12-20(23(29)22(13-15)39(35,36)37)31-32-24-17-9-6-5-8-16(17)14-18(26(24)33)27(34)30-25-19(28)10-7-11-21(25)38-4-2/h5-14,33H,3-4H2,1-2H3,(H,30,34)(H,35,36,37). The first-order chi connectivity index (χ1) is 18.5. The van der Waals surface area contributed by atoms with Gasteiger partial charge < -0.3 is 15.2 Å². The third-order valence-corrected chi connectivity index (χ3v) is 7.48. The van der Waals surface area contributed by atoms with Crippen molar-refractivity contribution in [2.75, 3.05) is 11.9 Å². The van der Waals surface area contributed by atoms with Crippen LogP contribution < -0.4 is 10.1 Å². The van der Waals surface area contributed by atoms with Gasteiger partial charge in [0.15, 0.2) is 5.75 Å². The highest BCUT2D eigenvalue weighted by atomic mass is 35.5. The van der Waals surface area contributed by atoms with Gasteiger partial charge in [-0.05, 0) is 54.6 Å². The zero-order valence-corrected chi connectivity index (χ0v) is 23.1. The van der Waals surface area contributed by atoms with Gasteiger partial charge in [0.2, 0.25) is 0 Å². The number of fused-ring (bicyclic) bond motifs is 1. The van der Waals surface area contributed by atoms with Crippen molar-refractivity contribution in [1.29, 1.82) is 0 Å². The van der Waals surface area contributed by atoms with Gasteiger partial charge in [-0.25, -0.2) is 0 Å². The van der Waals surface area contributed by atoms with E-state index in [1.807, 2.05) is 0 Å². The Morgan fingerprint density at radius 2 is 1.77 bits per heavy atom. The molecular weight excluding hydrogens is 565 g/mol. The highest BCUT2D eigenvalue weighted by Gasteiger charge is 2.22. The summed E-state index contributed by atoms with van der Waals surface area (Å²) in [6, 6.07) is 16.1. The zero-order chi connectivity index (χ0) is 28.3. The number of nitrogens with one attached hydrogen (secondary N) is 1. The number of ether oxygens (including phenoxy) is 1. The minimum absolute atomic E-state index is 0.0422. The molecule has 4 rings (SSSR count). The number of phenolic OH excluding ortho intramolecular Hbond substituents is 1. The summed E-state index contributed by atoms with van der Waals surface area (Å²) in [5.41, 5.74) is 0.570. The molecule has 0 unspecified atom stereocenters. The Kier molecular flexibility index (Phi) is 8.41. The van der Waals surface area contributed by atoms with Gasteiger partial charge in [-0.15, -0.1) is 10.2 Å². The van der Waals surface area contributed by atoms with Crippen molar-refractivity contribution >= 4 is 67.1 Å². The van der Waals surface area contributed by atoms with Gasteiger partial charge >= 0.3 is 0 Å². The molecule has 0 bridgehead atoms. The zero-order valence-electron chi connectivity index (χ0n) is 20.8. The fourth-order valence-corrected chi connectivity index (χ4v) is 5.17. The van der Waals surface area contributed by atoms with Gasteiger partial charge in [-0.3, -0.25) is 9.35 Å². The van der Waals surface area contributed by atoms with Crippen molar-refractivity contribution < 1.29 is 27.6 Å². The highest BCUT2D eigenvalue weighted by molar-refractivity contribution is 7.86. The van der Waals surface area contributed by atoms with Crippen LogP contribution in [0, 0.1) is 0 Å². The van der Waals surface area contributed by atoms with E-state index < -0.39 is 26.7 Å². The molecule has 0 spiro atoms. The first-order valence-corrected chi connectivity index (χ1v) is 13.9. The molecule has 3 N–H and O–H groups in total. The first-order valence-electron chi connectivity index (χ1n) is 11.7. The number of aryl methyl sites for hydroxylation is 1. The number of azo groups is 1. The van der Waals surface area contributed by atoms with Crippen LogP contribution in [0.5, 0.6) is 11.5 Å². The number of rotatable bonds is 8. The molecule has 4 aromatic rings. The van der Waals surface area contributed by atoms with Gasteiger partial charge in [0.1, 0.15) is 27.7 Å². The number of benzene rings is 4. The number of aromatic hydroxyl groups is 1. The minimum Gasteiger partial charge on any atom is -0.505 e. The maximum atomic E-state index is 13.3. The number of carbonyl (C=O) groups excluding carboxylic acids is 1. The number of amides is 1. The average Bonchev–Trinajstić information content (AvgIpc) is 2.90. The molecule has 0 saturated carbocycles. The lowest BCUT2D eigenvalue weighted by Crippen LogP contribution is -2.14. The summed E-state index contributed by atoms with van der Waals surface area (Å²) in [5.74, 6) is -0.792. The Morgan fingerprint density at radius 1 is 1.03 bits per heavy atom. The third-order valence-electron chi connectivity index (χ3n) is 5.78. The van der Waals surface area contributed by atoms with Gasteiger partial charge in [0.25, 0.3) is 16.0 Å². The molecule has 202 valence electrons. The number of phenols is 1. The fraction of sp³-hybridized carbons (Fsp3) is 0.148. The van der Waals surface area contributed by atoms with Crippen molar-refractivity contribution in [2.45, 2.75) is 25.2 Å². The van der Waals surface area contributed by atoms with Gasteiger partial charge in [0, 0.05) is 5.39 Å². The molecule has 0 aromatic heterocycles. The summed E-state index contributed by atoms with van der Waals surface area (Å²) in [5, 5.41) is 23.1. The third kappa shape index (κ3) is 5.99. The summed E-state index contributed by atoms with van der Waals surface area (Å²) in [6.07, 6.45) is 0.428. The Morgan fingerprint density at radius 3 is 2.46 bits per heavy atom. The van der Waals surface area contributed by atoms with Crippen molar-refractivity contribution in [3.8, 4) is 11.5 Å². The molecule has 1 amide bonds. The van der Waals surface area contributed by atoms with Crippen LogP contribution in [-0.4, -0.2) is 30.6 Å². The fourth-order valence-electron chi connectivity index (χ4n) is 3.88. The molecule has 0 radical (unpaired) electrons. The molecule has 39 heavy (non-hydrogen) atoms. The van der Waals surface area contributed by atoms with Crippen molar-refractivity contribution in [1.82, 2.24) is 0 Å². The second-order valence-corrected chi connectivity index (χ2v) is 10.5. The number of halogens is 2. The lowest BCUT2D eigenvalue weighted by molar-refractivity contribution is 0.102. The minimum atomic E-state index is -4.63. The maximum Gasteiger partial charge on any atom is 0.296 e. The predicted molar refractivity (Wildman–Crippen MR) is 151 cm³/mol. The van der Waals surface area contributed by atoms with Crippen LogP contribution in [0.15, 0.2) is 75.8 Å². The van der Waals surface area contributed by atoms with E-state index >= 15 is 0 Å². The Labute approximate surface area is 234 Å². The molecule has 0 aliphatic rings. The Bertz CT molecular complexity index is 1720. The van der Waals surface area contributed by atoms with Gasteiger partial charge in [-0.1, -0.05) is 60.5 Å². The van der Waals surface area contributed by atoms with Crippen molar-refractivity contribution in [3.05, 3.63) is 81.8 Å². The molecule has 9 nitrogen and oxygen atoms in total. The summed E-state index contributed by atoms with van der Waals surface area (Å²) >= 11 is 12.5. The van der Waals surface area contributed by atoms with E-state index in [2.05, 4.69) is 15.5 Å². The molecule has 4 aromatic carbocycles. The molecule has 0 heterocycles. The van der Waals surface area contributed by atoms with E-state index in [1.165, 1.54) is 18.2 Å². The average molecular weight is 588 g/mol. The molecule has 12 heteroatoms. The topological polar surface area (TPSA) is 138 Å². The first kappa shape index (κ1) is 28.3. The largest absolute Gasteiger partial charge is 0.505 e. The number of para-hydroxylation sites is 1. The predicted octanol–water partition coefficient (Wildman–Crippen LogP) is 7.73. The highest BCUT2D eigenvalue weighted by Crippen LogP contribution is 2.42. The number of carbonyl (C=O) groups is 1. The van der Waals surface area contributed by atoms with Crippen LogP contribution >= 0.6 is 23.2 Å². The molecule has 0 atom stereocenters. The van der Waals surface area contributed by atoms with E-state index in [0.717, 1.165) is 0 Å². The number of hydrogen-bond acceptors (Lipinski definition) is 7. The Hall–Kier alpha value is -3.70. The van der Waals surface area contributed by atoms with Crippen LogP contribution in [0.2, 0.25) is 10.0 Å². The second kappa shape index (κ2) is 11.6. The van der Waals surface area contributed by atoms with Crippen molar-refractivity contribution in [3.63, 3.8) is 0 Å². The molecule has 0 saturated heterocycles. The lowest BCUT2D eigenvalue weighted by Gasteiger charge is -2.15. The molecule has 0 fully saturated rings. The van der Waals surface area contributed by atoms with Gasteiger partial charge in [0.05, 0.1) is 22.2 Å². The number of anilines is 1. The van der Waals surface area contributed by atoms with Crippen LogP contribution in [0.4, 0.5) is 17.1 Å². The van der Waals surface area contributed by atoms with Crippen LogP contribution in [0.1, 0.15) is 29.8 Å². The van der Waals surface area contributed by atoms with E-state index in [9.17, 15) is 22.9 Å². The van der Waals surface area contributed by atoms with E-state index in [4.69, 9.17) is 27.9 Å². The SMILES string of the molecule is CCOc1cccc(Cl)c1NC(=O)c1cc2ccccc2c(N=Nc2cc(CC)cc(S(=O)(=O)O)c2Cl)c1O. The number of hydrogen-bond donors (Lipinski definition) is 3. The number of nitrogens with zero attached hydrogens (tertiary/aromatic N) is 2. The lowest BCUT2D eigenvalue weighted by atomic mass is 10.0. The summed E-state index contributed by atoms with van der Waals surface area (Å²) in [6.45, 7) is 3.92. The smallest absolute Gasteiger partial charge is 0.296 e. The van der Waals surface area contributed by atoms with Crippen molar-refractivity contribution in [2.24, 2.45) is 10.2 Å². The monoisotopic (exact) mass is 587 g/mol. The normalized spacial score (nSPS) is 11.7.